The van der Waals surface area contributed by atoms with Crippen molar-refractivity contribution in [2.24, 2.45) is 5.92 Å². The average Bonchev–Trinajstić information content (AvgIpc) is 2.86. The van der Waals surface area contributed by atoms with E-state index in [2.05, 4.69) is 4.72 Å². The van der Waals surface area contributed by atoms with Crippen molar-refractivity contribution in [2.75, 3.05) is 0 Å². The van der Waals surface area contributed by atoms with Crippen LogP contribution in [-0.4, -0.2) is 25.5 Å². The van der Waals surface area contributed by atoms with Crippen molar-refractivity contribution >= 4 is 16.0 Å². The largest absolute Gasteiger partial charge is 0.475 e. The molecule has 0 amide bonds. The Morgan fingerprint density at radius 1 is 1.47 bits per heavy atom. The summed E-state index contributed by atoms with van der Waals surface area (Å²) in [5.74, 6) is -1.26. The molecule has 1 aromatic rings. The van der Waals surface area contributed by atoms with E-state index in [0.29, 0.717) is 5.92 Å². The van der Waals surface area contributed by atoms with Crippen molar-refractivity contribution in [2.45, 2.75) is 44.0 Å². The lowest BCUT2D eigenvalue weighted by Gasteiger charge is -2.16. The van der Waals surface area contributed by atoms with Crippen LogP contribution in [-0.2, 0) is 10.0 Å². The molecular weight excluding hydrogens is 270 g/mol. The van der Waals surface area contributed by atoms with Gasteiger partial charge in [0.25, 0.3) is 0 Å². The minimum absolute atomic E-state index is 0.0902. The van der Waals surface area contributed by atoms with Crippen LogP contribution in [0.1, 0.15) is 42.5 Å². The third-order valence-corrected chi connectivity index (χ3v) is 5.14. The molecule has 0 bridgehead atoms. The molecule has 0 radical (unpaired) electrons. The average molecular weight is 287 g/mol. The van der Waals surface area contributed by atoms with Gasteiger partial charge in [0.15, 0.2) is 0 Å². The number of hydrogen-bond donors (Lipinski definition) is 2. The lowest BCUT2D eigenvalue weighted by atomic mass is 10.1. The summed E-state index contributed by atoms with van der Waals surface area (Å²) >= 11 is 0. The van der Waals surface area contributed by atoms with Crippen LogP contribution in [0.15, 0.2) is 15.4 Å². The van der Waals surface area contributed by atoms with Gasteiger partial charge in [0.05, 0.1) is 0 Å². The van der Waals surface area contributed by atoms with Gasteiger partial charge in [-0.3, -0.25) is 0 Å². The van der Waals surface area contributed by atoms with Gasteiger partial charge in [-0.15, -0.1) is 0 Å². The number of carbonyl (C=O) groups is 1. The van der Waals surface area contributed by atoms with Crippen LogP contribution in [0, 0.1) is 12.8 Å². The van der Waals surface area contributed by atoms with Crippen LogP contribution in [0.5, 0.6) is 0 Å². The molecule has 2 rings (SSSR count). The lowest BCUT2D eigenvalue weighted by molar-refractivity contribution is 0.0661. The molecule has 2 N–H and O–H groups in total. The Labute approximate surface area is 111 Å². The molecule has 1 aliphatic rings. The summed E-state index contributed by atoms with van der Waals surface area (Å²) in [6.45, 7) is 3.45. The maximum atomic E-state index is 12.2. The molecule has 7 heteroatoms. The first kappa shape index (κ1) is 14.1. The normalized spacial score (nSPS) is 23.7. The zero-order valence-corrected chi connectivity index (χ0v) is 11.7. The van der Waals surface area contributed by atoms with Crippen molar-refractivity contribution in [3.05, 3.63) is 17.6 Å². The summed E-state index contributed by atoms with van der Waals surface area (Å²) in [6, 6.07) is 0.965. The molecule has 2 atom stereocenters. The smallest absolute Gasteiger partial charge is 0.371 e. The van der Waals surface area contributed by atoms with E-state index in [0.717, 1.165) is 25.3 Å². The Balaban J connectivity index is 2.26. The standard InChI is InChI=1S/C12H17NO5S/c1-7-4-3-5-9(7)13-19(16,17)11-6-10(12(14)15)18-8(11)2/h6-7,9,13H,3-5H2,1-2H3,(H,14,15). The van der Waals surface area contributed by atoms with Gasteiger partial charge in [-0.25, -0.2) is 17.9 Å². The van der Waals surface area contributed by atoms with Crippen molar-refractivity contribution in [3.8, 4) is 0 Å². The maximum Gasteiger partial charge on any atom is 0.371 e. The molecule has 0 aromatic carbocycles. The highest BCUT2D eigenvalue weighted by atomic mass is 32.2. The molecule has 1 aromatic heterocycles. The molecule has 0 aliphatic heterocycles. The van der Waals surface area contributed by atoms with E-state index < -0.39 is 16.0 Å². The Bertz CT molecular complexity index is 589. The van der Waals surface area contributed by atoms with Gasteiger partial charge in [0, 0.05) is 12.1 Å². The van der Waals surface area contributed by atoms with Crippen molar-refractivity contribution < 1.29 is 22.7 Å². The second-order valence-electron chi connectivity index (χ2n) is 4.97. The Hall–Kier alpha value is -1.34. The zero-order valence-electron chi connectivity index (χ0n) is 10.8. The molecule has 1 fully saturated rings. The van der Waals surface area contributed by atoms with E-state index in [-0.39, 0.29) is 22.5 Å². The predicted octanol–water partition coefficient (Wildman–Crippen LogP) is 1.75. The number of sulfonamides is 1. The SMILES string of the molecule is Cc1oc(C(=O)O)cc1S(=O)(=O)NC1CCCC1C. The number of carboxylic acid groups (broad SMARTS) is 1. The molecule has 1 saturated carbocycles. The van der Waals surface area contributed by atoms with E-state index in [1.807, 2.05) is 6.92 Å². The molecule has 1 heterocycles. The fourth-order valence-electron chi connectivity index (χ4n) is 2.42. The first-order valence-corrected chi connectivity index (χ1v) is 7.65. The van der Waals surface area contributed by atoms with Crippen LogP contribution in [0.25, 0.3) is 0 Å². The molecule has 0 spiro atoms. The first-order chi connectivity index (χ1) is 8.81. The molecule has 0 saturated heterocycles. The summed E-state index contributed by atoms with van der Waals surface area (Å²) in [4.78, 5) is 10.7. The van der Waals surface area contributed by atoms with Crippen molar-refractivity contribution in [3.63, 3.8) is 0 Å². The fraction of sp³-hybridized carbons (Fsp3) is 0.583. The second-order valence-corrected chi connectivity index (χ2v) is 6.65. The van der Waals surface area contributed by atoms with E-state index in [4.69, 9.17) is 9.52 Å². The number of rotatable bonds is 4. The minimum Gasteiger partial charge on any atom is -0.475 e. The van der Waals surface area contributed by atoms with Gasteiger partial charge in [-0.05, 0) is 25.7 Å². The number of hydrogen-bond acceptors (Lipinski definition) is 4. The second kappa shape index (κ2) is 4.97. The van der Waals surface area contributed by atoms with Crippen LogP contribution in [0.2, 0.25) is 0 Å². The molecule has 2 unspecified atom stereocenters. The molecule has 1 aliphatic carbocycles. The molecule has 6 nitrogen and oxygen atoms in total. The van der Waals surface area contributed by atoms with Crippen LogP contribution >= 0.6 is 0 Å². The minimum atomic E-state index is -3.73. The molecule has 19 heavy (non-hydrogen) atoms. The summed E-state index contributed by atoms with van der Waals surface area (Å²) in [6.07, 6.45) is 2.81. The molecule has 106 valence electrons. The molecular formula is C12H17NO5S. The zero-order chi connectivity index (χ0) is 14.2. The topological polar surface area (TPSA) is 96.6 Å². The number of aromatic carboxylic acids is 1. The highest BCUT2D eigenvalue weighted by molar-refractivity contribution is 7.89. The van der Waals surface area contributed by atoms with E-state index >= 15 is 0 Å². The third kappa shape index (κ3) is 2.82. The maximum absolute atomic E-state index is 12.2. The van der Waals surface area contributed by atoms with Crippen molar-refractivity contribution in [1.82, 2.24) is 4.72 Å². The summed E-state index contributed by atoms with van der Waals surface area (Å²) in [5.41, 5.74) is 0. The summed E-state index contributed by atoms with van der Waals surface area (Å²) in [5, 5.41) is 8.81. The van der Waals surface area contributed by atoms with Gasteiger partial charge in [-0.1, -0.05) is 13.3 Å². The highest BCUT2D eigenvalue weighted by Gasteiger charge is 2.31. The van der Waals surface area contributed by atoms with Crippen molar-refractivity contribution in [1.29, 1.82) is 0 Å². The van der Waals surface area contributed by atoms with E-state index in [1.165, 1.54) is 6.92 Å². The van der Waals surface area contributed by atoms with Gasteiger partial charge in [0.1, 0.15) is 10.7 Å². The van der Waals surface area contributed by atoms with Crippen LogP contribution < -0.4 is 4.72 Å². The van der Waals surface area contributed by atoms with E-state index in [9.17, 15) is 13.2 Å². The number of carboxylic acids is 1. The Kier molecular flexibility index (Phi) is 3.69. The Morgan fingerprint density at radius 2 is 2.16 bits per heavy atom. The van der Waals surface area contributed by atoms with Crippen LogP contribution in [0.3, 0.4) is 0 Å². The van der Waals surface area contributed by atoms with Gasteiger partial charge >= 0.3 is 5.97 Å². The predicted molar refractivity (Wildman–Crippen MR) is 67.5 cm³/mol. The number of furan rings is 1. The first-order valence-electron chi connectivity index (χ1n) is 6.17. The monoisotopic (exact) mass is 287 g/mol. The quantitative estimate of drug-likeness (QED) is 0.879. The summed E-state index contributed by atoms with van der Waals surface area (Å²) < 4.78 is 32.0. The number of nitrogens with one attached hydrogen (secondary N) is 1. The highest BCUT2D eigenvalue weighted by Crippen LogP contribution is 2.27. The van der Waals surface area contributed by atoms with Crippen LogP contribution in [0.4, 0.5) is 0 Å². The van der Waals surface area contributed by atoms with Gasteiger partial charge in [-0.2, -0.15) is 0 Å². The fourth-order valence-corrected chi connectivity index (χ4v) is 3.98. The number of aryl methyl sites for hydroxylation is 1. The summed E-state index contributed by atoms with van der Waals surface area (Å²) in [7, 11) is -3.73. The Morgan fingerprint density at radius 3 is 2.63 bits per heavy atom. The van der Waals surface area contributed by atoms with Gasteiger partial charge < -0.3 is 9.52 Å². The van der Waals surface area contributed by atoms with E-state index in [1.54, 1.807) is 0 Å². The lowest BCUT2D eigenvalue weighted by Crippen LogP contribution is -2.36. The third-order valence-electron chi connectivity index (χ3n) is 3.54. The van der Waals surface area contributed by atoms with Gasteiger partial charge in [0.2, 0.25) is 15.8 Å².